The second-order valence-electron chi connectivity index (χ2n) is 8.20. The number of fused-ring (bicyclic) bond motifs is 2. The first-order chi connectivity index (χ1) is 16.2. The molecule has 34 heavy (non-hydrogen) atoms. The van der Waals surface area contributed by atoms with Gasteiger partial charge in [-0.3, -0.25) is 4.79 Å². The van der Waals surface area contributed by atoms with Gasteiger partial charge in [0.1, 0.15) is 9.71 Å². The summed E-state index contributed by atoms with van der Waals surface area (Å²) in [6.07, 6.45) is 3.02. The van der Waals surface area contributed by atoms with Crippen molar-refractivity contribution in [1.29, 1.82) is 0 Å². The number of carbonyl (C=O) groups excluding carboxylic acids is 1. The molecule has 0 aliphatic heterocycles. The molecule has 1 amide bonds. The van der Waals surface area contributed by atoms with Crippen molar-refractivity contribution in [2.24, 2.45) is 0 Å². The number of benzene rings is 1. The minimum atomic E-state index is -3.89. The molecular weight excluding hydrogens is 472 g/mol. The molecule has 9 nitrogen and oxygen atoms in total. The van der Waals surface area contributed by atoms with E-state index in [1.54, 1.807) is 19.9 Å². The van der Waals surface area contributed by atoms with Crippen LogP contribution in [0.3, 0.4) is 0 Å². The van der Waals surface area contributed by atoms with Crippen molar-refractivity contribution in [2.45, 2.75) is 38.0 Å². The zero-order valence-electron chi connectivity index (χ0n) is 18.5. The van der Waals surface area contributed by atoms with E-state index in [4.69, 9.17) is 5.73 Å². The number of nitrogens with two attached hydrogens (primary N) is 1. The Labute approximate surface area is 200 Å². The Bertz CT molecular complexity index is 1530. The molecule has 0 bridgehead atoms. The third-order valence-corrected chi connectivity index (χ3v) is 8.04. The molecule has 3 heterocycles. The van der Waals surface area contributed by atoms with Gasteiger partial charge in [-0.15, -0.1) is 11.3 Å². The number of hydrogen-bond acceptors (Lipinski definition) is 8. The summed E-state index contributed by atoms with van der Waals surface area (Å²) in [6.45, 7) is 3.52. The highest BCUT2D eigenvalue weighted by atomic mass is 32.2. The van der Waals surface area contributed by atoms with Gasteiger partial charge in [0.15, 0.2) is 0 Å². The number of pyridine rings is 1. The normalized spacial score (nSPS) is 13.1. The van der Waals surface area contributed by atoms with Crippen LogP contribution in [-0.2, 0) is 22.9 Å². The fourth-order valence-electron chi connectivity index (χ4n) is 4.02. The second kappa shape index (κ2) is 8.33. The maximum atomic E-state index is 12.9. The Hall–Kier alpha value is -3.57. The Kier molecular flexibility index (Phi) is 5.45. The Morgan fingerprint density at radius 1 is 1.03 bits per heavy atom. The minimum absolute atomic E-state index is 0.00898. The number of aryl methyl sites for hydroxylation is 4. The first-order valence-corrected chi connectivity index (χ1v) is 13.0. The molecule has 4 N–H and O–H groups in total. The van der Waals surface area contributed by atoms with Gasteiger partial charge in [-0.25, -0.2) is 28.1 Å². The molecule has 1 aliphatic rings. The number of nitrogen functional groups attached to an aromatic ring is 1. The van der Waals surface area contributed by atoms with Crippen LogP contribution in [0.15, 0.2) is 41.3 Å². The summed E-state index contributed by atoms with van der Waals surface area (Å²) >= 11 is 1.26. The Morgan fingerprint density at radius 2 is 1.74 bits per heavy atom. The van der Waals surface area contributed by atoms with E-state index in [0.29, 0.717) is 27.6 Å². The summed E-state index contributed by atoms with van der Waals surface area (Å²) < 4.78 is 27.8. The number of aromatic nitrogens is 3. The molecule has 0 radical (unpaired) electrons. The van der Waals surface area contributed by atoms with Gasteiger partial charge in [0.2, 0.25) is 5.95 Å². The average molecular weight is 495 g/mol. The number of nitrogens with zero attached hydrogens (tertiary/aromatic N) is 3. The number of rotatable bonds is 5. The van der Waals surface area contributed by atoms with E-state index in [1.165, 1.54) is 41.2 Å². The van der Waals surface area contributed by atoms with Crippen molar-refractivity contribution in [2.75, 3.05) is 15.8 Å². The standard InChI is InChI=1S/C23H22N6O3S2/c1-12-10-13(2)26-23(25-12)29-34(31,32)16-8-6-15(7-9-16)27-21(30)20-19(24)17-11-14-4-3-5-18(14)28-22(17)33-20/h6-11H,3-5,24H2,1-2H3,(H,27,30)(H,25,26,29). The number of hydrogen-bond donors (Lipinski definition) is 3. The van der Waals surface area contributed by atoms with Crippen molar-refractivity contribution in [3.05, 3.63) is 63.9 Å². The summed E-state index contributed by atoms with van der Waals surface area (Å²) in [5.41, 5.74) is 10.7. The van der Waals surface area contributed by atoms with Gasteiger partial charge in [-0.1, -0.05) is 0 Å². The lowest BCUT2D eigenvalue weighted by molar-refractivity contribution is 0.103. The van der Waals surface area contributed by atoms with Gasteiger partial charge in [0.25, 0.3) is 15.9 Å². The smallest absolute Gasteiger partial charge is 0.267 e. The number of sulfonamides is 1. The molecule has 0 saturated heterocycles. The molecule has 0 fully saturated rings. The zero-order chi connectivity index (χ0) is 24.0. The van der Waals surface area contributed by atoms with E-state index < -0.39 is 10.0 Å². The van der Waals surface area contributed by atoms with Gasteiger partial charge in [0, 0.05) is 28.2 Å². The zero-order valence-corrected chi connectivity index (χ0v) is 20.2. The van der Waals surface area contributed by atoms with Crippen LogP contribution in [0, 0.1) is 13.8 Å². The fraction of sp³-hybridized carbons (Fsp3) is 0.217. The Morgan fingerprint density at radius 3 is 2.44 bits per heavy atom. The third-order valence-electron chi connectivity index (χ3n) is 5.59. The highest BCUT2D eigenvalue weighted by Crippen LogP contribution is 2.36. The van der Waals surface area contributed by atoms with Crippen molar-refractivity contribution < 1.29 is 13.2 Å². The van der Waals surface area contributed by atoms with Crippen LogP contribution in [0.25, 0.3) is 10.2 Å². The molecule has 0 spiro atoms. The summed E-state index contributed by atoms with van der Waals surface area (Å²) in [5.74, 6) is -0.354. The largest absolute Gasteiger partial charge is 0.397 e. The van der Waals surface area contributed by atoms with E-state index in [9.17, 15) is 13.2 Å². The number of amides is 1. The lowest BCUT2D eigenvalue weighted by atomic mass is 10.1. The summed E-state index contributed by atoms with van der Waals surface area (Å²) in [6, 6.07) is 9.64. The maximum Gasteiger partial charge on any atom is 0.267 e. The van der Waals surface area contributed by atoms with Crippen LogP contribution in [0.4, 0.5) is 17.3 Å². The summed E-state index contributed by atoms with van der Waals surface area (Å²) in [4.78, 5) is 26.9. The first-order valence-electron chi connectivity index (χ1n) is 10.7. The average Bonchev–Trinajstić information content (AvgIpc) is 3.35. The third kappa shape index (κ3) is 4.19. The van der Waals surface area contributed by atoms with Crippen molar-refractivity contribution in [3.63, 3.8) is 0 Å². The number of thiophene rings is 1. The molecule has 174 valence electrons. The topological polar surface area (TPSA) is 140 Å². The number of carbonyl (C=O) groups is 1. The molecule has 11 heteroatoms. The van der Waals surface area contributed by atoms with Crippen molar-refractivity contribution >= 4 is 54.8 Å². The summed E-state index contributed by atoms with van der Waals surface area (Å²) in [7, 11) is -3.89. The molecular formula is C23H22N6O3S2. The molecule has 0 saturated carbocycles. The van der Waals surface area contributed by atoms with Crippen LogP contribution < -0.4 is 15.8 Å². The van der Waals surface area contributed by atoms with Crippen LogP contribution in [0.1, 0.15) is 38.7 Å². The Balaban J connectivity index is 1.34. The fourth-order valence-corrected chi connectivity index (χ4v) is 5.96. The highest BCUT2D eigenvalue weighted by molar-refractivity contribution is 7.92. The van der Waals surface area contributed by atoms with Gasteiger partial charge >= 0.3 is 0 Å². The van der Waals surface area contributed by atoms with Crippen molar-refractivity contribution in [1.82, 2.24) is 15.0 Å². The molecule has 1 aromatic carbocycles. The van der Waals surface area contributed by atoms with E-state index in [0.717, 1.165) is 35.2 Å². The van der Waals surface area contributed by atoms with E-state index in [2.05, 4.69) is 25.0 Å². The number of nitrogens with one attached hydrogen (secondary N) is 2. The molecule has 0 unspecified atom stereocenters. The van der Waals surface area contributed by atoms with E-state index in [-0.39, 0.29) is 16.8 Å². The van der Waals surface area contributed by atoms with Crippen LogP contribution in [0.2, 0.25) is 0 Å². The SMILES string of the molecule is Cc1cc(C)nc(NS(=O)(=O)c2ccc(NC(=O)c3sc4nc5c(cc4c3N)CCC5)cc2)n1. The second-order valence-corrected chi connectivity index (χ2v) is 10.9. The minimum Gasteiger partial charge on any atom is -0.397 e. The molecule has 4 aromatic rings. The van der Waals surface area contributed by atoms with Gasteiger partial charge < -0.3 is 11.1 Å². The van der Waals surface area contributed by atoms with E-state index >= 15 is 0 Å². The van der Waals surface area contributed by atoms with Crippen LogP contribution in [0.5, 0.6) is 0 Å². The highest BCUT2D eigenvalue weighted by Gasteiger charge is 2.22. The van der Waals surface area contributed by atoms with Crippen molar-refractivity contribution in [3.8, 4) is 0 Å². The molecule has 1 aliphatic carbocycles. The quantitative estimate of drug-likeness (QED) is 0.383. The number of anilines is 3. The van der Waals surface area contributed by atoms with E-state index in [1.807, 2.05) is 6.07 Å². The van der Waals surface area contributed by atoms with Gasteiger partial charge in [-0.2, -0.15) is 0 Å². The lowest BCUT2D eigenvalue weighted by Crippen LogP contribution is -2.16. The van der Waals surface area contributed by atoms with Gasteiger partial charge in [-0.05, 0) is 75.1 Å². The molecule has 3 aromatic heterocycles. The lowest BCUT2D eigenvalue weighted by Gasteiger charge is -2.09. The predicted octanol–water partition coefficient (Wildman–Crippen LogP) is 3.83. The molecule has 5 rings (SSSR count). The molecule has 0 atom stereocenters. The maximum absolute atomic E-state index is 12.9. The van der Waals surface area contributed by atoms with Gasteiger partial charge in [0.05, 0.1) is 10.6 Å². The monoisotopic (exact) mass is 494 g/mol. The first kappa shape index (κ1) is 22.2. The van der Waals surface area contributed by atoms with Crippen LogP contribution >= 0.6 is 11.3 Å². The predicted molar refractivity (Wildman–Crippen MR) is 133 cm³/mol. The summed E-state index contributed by atoms with van der Waals surface area (Å²) in [5, 5.41) is 3.59. The van der Waals surface area contributed by atoms with Crippen LogP contribution in [-0.4, -0.2) is 29.3 Å².